The van der Waals surface area contributed by atoms with E-state index in [1.54, 1.807) is 0 Å². The minimum Gasteiger partial charge on any atom is -0.334 e. The Labute approximate surface area is 133 Å². The van der Waals surface area contributed by atoms with Crippen LogP contribution < -0.4 is 5.32 Å². The maximum Gasteiger partial charge on any atom is 0.317 e. The third-order valence-electron chi connectivity index (χ3n) is 5.21. The smallest absolute Gasteiger partial charge is 0.317 e. The van der Waals surface area contributed by atoms with E-state index in [2.05, 4.69) is 50.2 Å². The Balaban J connectivity index is 1.58. The van der Waals surface area contributed by atoms with Gasteiger partial charge in [0.15, 0.2) is 0 Å². The minimum absolute atomic E-state index is 0.0939. The van der Waals surface area contributed by atoms with E-state index in [1.807, 2.05) is 4.90 Å². The van der Waals surface area contributed by atoms with Crippen molar-refractivity contribution in [3.63, 3.8) is 0 Å². The molecule has 1 aromatic carbocycles. The van der Waals surface area contributed by atoms with Crippen LogP contribution in [-0.2, 0) is 6.54 Å². The van der Waals surface area contributed by atoms with Gasteiger partial charge in [0, 0.05) is 32.7 Å². The molecule has 1 aromatic rings. The molecule has 22 heavy (non-hydrogen) atoms. The van der Waals surface area contributed by atoms with E-state index in [-0.39, 0.29) is 6.03 Å². The number of nitrogens with one attached hydrogen (secondary N) is 1. The van der Waals surface area contributed by atoms with Gasteiger partial charge in [-0.2, -0.15) is 0 Å². The van der Waals surface area contributed by atoms with E-state index in [0.29, 0.717) is 18.4 Å². The maximum absolute atomic E-state index is 12.4. The predicted molar refractivity (Wildman–Crippen MR) is 88.9 cm³/mol. The molecule has 4 nitrogen and oxygen atoms in total. The van der Waals surface area contributed by atoms with Crippen molar-refractivity contribution in [3.8, 4) is 0 Å². The second kappa shape index (κ2) is 5.92. The van der Waals surface area contributed by atoms with Crippen molar-refractivity contribution >= 4 is 6.03 Å². The normalized spacial score (nSPS) is 24.6. The molecule has 1 N–H and O–H groups in total. The van der Waals surface area contributed by atoms with Gasteiger partial charge in [0.1, 0.15) is 0 Å². The summed E-state index contributed by atoms with van der Waals surface area (Å²) in [6.45, 7) is 11.1. The third-order valence-corrected chi connectivity index (χ3v) is 5.21. The van der Waals surface area contributed by atoms with Crippen LogP contribution in [0.25, 0.3) is 0 Å². The van der Waals surface area contributed by atoms with Crippen molar-refractivity contribution in [1.82, 2.24) is 15.1 Å². The molecule has 2 fully saturated rings. The standard InChI is InChI=1S/C18H27N3O/c1-12-5-13(2)17(14(3)6-12)7-19-18(22)21-10-15-8-20(4)9-16(15)11-21/h5-6,15-16H,7-11H2,1-4H3,(H,19,22)/t15-,16+. The highest BCUT2D eigenvalue weighted by molar-refractivity contribution is 5.74. The second-order valence-corrected chi connectivity index (χ2v) is 7.18. The van der Waals surface area contributed by atoms with Gasteiger partial charge in [-0.15, -0.1) is 0 Å². The van der Waals surface area contributed by atoms with E-state index < -0.39 is 0 Å². The van der Waals surface area contributed by atoms with E-state index in [0.717, 1.165) is 26.2 Å². The monoisotopic (exact) mass is 301 g/mol. The Bertz CT molecular complexity index is 547. The van der Waals surface area contributed by atoms with Crippen LogP contribution in [0, 0.1) is 32.6 Å². The molecule has 4 heteroatoms. The van der Waals surface area contributed by atoms with Crippen molar-refractivity contribution in [3.05, 3.63) is 34.4 Å². The topological polar surface area (TPSA) is 35.6 Å². The largest absolute Gasteiger partial charge is 0.334 e. The quantitative estimate of drug-likeness (QED) is 0.910. The average Bonchev–Trinajstić information content (AvgIpc) is 2.94. The van der Waals surface area contributed by atoms with Gasteiger partial charge >= 0.3 is 6.03 Å². The van der Waals surface area contributed by atoms with Crippen LogP contribution >= 0.6 is 0 Å². The molecule has 2 amide bonds. The summed E-state index contributed by atoms with van der Waals surface area (Å²) in [5.74, 6) is 1.33. The van der Waals surface area contributed by atoms with Gasteiger partial charge in [-0.3, -0.25) is 0 Å². The fourth-order valence-electron chi connectivity index (χ4n) is 4.16. The van der Waals surface area contributed by atoms with Gasteiger partial charge in [0.25, 0.3) is 0 Å². The van der Waals surface area contributed by atoms with E-state index in [1.165, 1.54) is 22.3 Å². The Morgan fingerprint density at radius 3 is 2.18 bits per heavy atom. The second-order valence-electron chi connectivity index (χ2n) is 7.18. The van der Waals surface area contributed by atoms with Crippen LogP contribution in [0.3, 0.4) is 0 Å². The molecule has 3 rings (SSSR count). The van der Waals surface area contributed by atoms with Crippen LogP contribution in [-0.4, -0.2) is 49.1 Å². The lowest BCUT2D eigenvalue weighted by Gasteiger charge is -2.21. The Morgan fingerprint density at radius 1 is 1.09 bits per heavy atom. The number of carbonyl (C=O) groups is 1. The highest BCUT2D eigenvalue weighted by Crippen LogP contribution is 2.30. The molecule has 0 radical (unpaired) electrons. The first-order chi connectivity index (χ1) is 10.4. The summed E-state index contributed by atoms with van der Waals surface area (Å²) in [4.78, 5) is 16.8. The summed E-state index contributed by atoms with van der Waals surface area (Å²) in [5.41, 5.74) is 5.05. The van der Waals surface area contributed by atoms with Crippen molar-refractivity contribution in [1.29, 1.82) is 0 Å². The number of rotatable bonds is 2. The predicted octanol–water partition coefficient (Wildman–Crippen LogP) is 2.31. The minimum atomic E-state index is 0.0939. The van der Waals surface area contributed by atoms with Gasteiger partial charge in [-0.25, -0.2) is 4.79 Å². The number of hydrogen-bond donors (Lipinski definition) is 1. The summed E-state index contributed by atoms with van der Waals surface area (Å²) in [6.07, 6.45) is 0. The van der Waals surface area contributed by atoms with E-state index in [9.17, 15) is 4.79 Å². The lowest BCUT2D eigenvalue weighted by Crippen LogP contribution is -2.40. The molecule has 2 aliphatic heterocycles. The fraction of sp³-hybridized carbons (Fsp3) is 0.611. The number of likely N-dealkylation sites (tertiary alicyclic amines) is 2. The molecule has 2 heterocycles. The number of fused-ring (bicyclic) bond motifs is 1. The van der Waals surface area contributed by atoms with Gasteiger partial charge in [0.2, 0.25) is 0 Å². The molecule has 0 spiro atoms. The number of amides is 2. The van der Waals surface area contributed by atoms with Gasteiger partial charge < -0.3 is 15.1 Å². The zero-order valence-corrected chi connectivity index (χ0v) is 14.1. The van der Waals surface area contributed by atoms with Crippen molar-refractivity contribution < 1.29 is 4.79 Å². The van der Waals surface area contributed by atoms with E-state index >= 15 is 0 Å². The number of carbonyl (C=O) groups excluding carboxylic acids is 1. The summed E-state index contributed by atoms with van der Waals surface area (Å²) < 4.78 is 0. The average molecular weight is 301 g/mol. The molecule has 0 unspecified atom stereocenters. The van der Waals surface area contributed by atoms with Gasteiger partial charge in [-0.1, -0.05) is 17.7 Å². The molecule has 0 bridgehead atoms. The first-order valence-electron chi connectivity index (χ1n) is 8.22. The molecule has 2 atom stereocenters. The molecular weight excluding hydrogens is 274 g/mol. The molecule has 120 valence electrons. The summed E-state index contributed by atoms with van der Waals surface area (Å²) in [7, 11) is 2.17. The number of urea groups is 1. The van der Waals surface area contributed by atoms with Gasteiger partial charge in [-0.05, 0) is 56.3 Å². The van der Waals surface area contributed by atoms with E-state index in [4.69, 9.17) is 0 Å². The zero-order valence-electron chi connectivity index (χ0n) is 14.1. The zero-order chi connectivity index (χ0) is 15.9. The van der Waals surface area contributed by atoms with Crippen molar-refractivity contribution in [2.24, 2.45) is 11.8 Å². The summed E-state index contributed by atoms with van der Waals surface area (Å²) in [5, 5.41) is 3.12. The molecule has 0 aliphatic carbocycles. The third kappa shape index (κ3) is 2.98. The Morgan fingerprint density at radius 2 is 1.64 bits per heavy atom. The molecule has 2 aliphatic rings. The summed E-state index contributed by atoms with van der Waals surface area (Å²) in [6, 6.07) is 4.46. The van der Waals surface area contributed by atoms with Crippen LogP contribution in [0.2, 0.25) is 0 Å². The van der Waals surface area contributed by atoms with Crippen molar-refractivity contribution in [2.45, 2.75) is 27.3 Å². The maximum atomic E-state index is 12.4. The highest BCUT2D eigenvalue weighted by Gasteiger charge is 2.40. The first kappa shape index (κ1) is 15.3. The Hall–Kier alpha value is -1.55. The van der Waals surface area contributed by atoms with Crippen molar-refractivity contribution in [2.75, 3.05) is 33.2 Å². The highest BCUT2D eigenvalue weighted by atomic mass is 16.2. The summed E-state index contributed by atoms with van der Waals surface area (Å²) >= 11 is 0. The Kier molecular flexibility index (Phi) is 4.13. The van der Waals surface area contributed by atoms with Crippen LogP contribution in [0.4, 0.5) is 4.79 Å². The first-order valence-corrected chi connectivity index (χ1v) is 8.22. The number of benzene rings is 1. The molecule has 0 aromatic heterocycles. The van der Waals surface area contributed by atoms with Crippen LogP contribution in [0.1, 0.15) is 22.3 Å². The number of nitrogens with zero attached hydrogens (tertiary/aromatic N) is 2. The SMILES string of the molecule is Cc1cc(C)c(CNC(=O)N2C[C@H]3CN(C)C[C@H]3C2)c(C)c1. The molecule has 0 saturated carbocycles. The lowest BCUT2D eigenvalue weighted by molar-refractivity contribution is 0.201. The molecule has 2 saturated heterocycles. The number of hydrogen-bond acceptors (Lipinski definition) is 2. The van der Waals surface area contributed by atoms with Crippen LogP contribution in [0.15, 0.2) is 12.1 Å². The van der Waals surface area contributed by atoms with Gasteiger partial charge in [0.05, 0.1) is 0 Å². The number of aryl methyl sites for hydroxylation is 3. The fourth-order valence-corrected chi connectivity index (χ4v) is 4.16. The van der Waals surface area contributed by atoms with Crippen LogP contribution in [0.5, 0.6) is 0 Å². The lowest BCUT2D eigenvalue weighted by atomic mass is 10.00. The molecular formula is C18H27N3O.